The second-order valence-electron chi connectivity index (χ2n) is 6.89. The van der Waals surface area contributed by atoms with Crippen LogP contribution in [0, 0.1) is 10.1 Å². The predicted molar refractivity (Wildman–Crippen MR) is 110 cm³/mol. The lowest BCUT2D eigenvalue weighted by atomic mass is 10.0. The van der Waals surface area contributed by atoms with Crippen LogP contribution in [0.15, 0.2) is 36.4 Å². The SMILES string of the molecule is O=C(COC(=O)CCC(=O)c1ccc2c(c1)CCC2)Nc1ccc([N+](=O)[O-])cc1Cl. The summed E-state index contributed by atoms with van der Waals surface area (Å²) in [5.74, 6) is -1.47. The number of halogens is 1. The minimum Gasteiger partial charge on any atom is -0.456 e. The highest BCUT2D eigenvalue weighted by atomic mass is 35.5. The summed E-state index contributed by atoms with van der Waals surface area (Å²) < 4.78 is 4.88. The van der Waals surface area contributed by atoms with Gasteiger partial charge in [-0.25, -0.2) is 0 Å². The van der Waals surface area contributed by atoms with E-state index in [0.29, 0.717) is 5.56 Å². The molecule has 0 radical (unpaired) electrons. The number of amides is 1. The van der Waals surface area contributed by atoms with E-state index in [-0.39, 0.29) is 35.0 Å². The number of hydrogen-bond acceptors (Lipinski definition) is 6. The number of ether oxygens (including phenoxy) is 1. The molecule has 30 heavy (non-hydrogen) atoms. The third kappa shape index (κ3) is 5.42. The van der Waals surface area contributed by atoms with Crippen LogP contribution in [0.2, 0.25) is 5.02 Å². The Kier molecular flexibility index (Phi) is 6.79. The second kappa shape index (κ2) is 9.49. The predicted octanol–water partition coefficient (Wildman–Crippen LogP) is 3.88. The van der Waals surface area contributed by atoms with Crippen molar-refractivity contribution in [3.63, 3.8) is 0 Å². The van der Waals surface area contributed by atoms with Gasteiger partial charge in [0.1, 0.15) is 0 Å². The third-order valence-electron chi connectivity index (χ3n) is 4.78. The second-order valence-corrected chi connectivity index (χ2v) is 7.30. The number of nitro benzene ring substituents is 1. The number of hydrogen-bond donors (Lipinski definition) is 1. The highest BCUT2D eigenvalue weighted by Gasteiger charge is 2.16. The largest absolute Gasteiger partial charge is 0.456 e. The molecule has 8 nitrogen and oxygen atoms in total. The highest BCUT2D eigenvalue weighted by Crippen LogP contribution is 2.26. The van der Waals surface area contributed by atoms with Crippen molar-refractivity contribution in [3.05, 3.63) is 68.2 Å². The molecule has 1 aliphatic rings. The number of esters is 1. The van der Waals surface area contributed by atoms with Crippen LogP contribution in [0.4, 0.5) is 11.4 Å². The van der Waals surface area contributed by atoms with E-state index in [1.165, 1.54) is 23.3 Å². The van der Waals surface area contributed by atoms with Crippen molar-refractivity contribution in [1.29, 1.82) is 0 Å². The van der Waals surface area contributed by atoms with Crippen molar-refractivity contribution < 1.29 is 24.0 Å². The van der Waals surface area contributed by atoms with Crippen molar-refractivity contribution >= 4 is 40.6 Å². The first-order chi connectivity index (χ1) is 14.3. The Bertz CT molecular complexity index is 1020. The quantitative estimate of drug-likeness (QED) is 0.294. The maximum atomic E-state index is 12.3. The molecule has 0 fully saturated rings. The molecule has 0 atom stereocenters. The summed E-state index contributed by atoms with van der Waals surface area (Å²) in [5, 5.41) is 13.1. The van der Waals surface area contributed by atoms with E-state index in [1.54, 1.807) is 6.07 Å². The third-order valence-corrected chi connectivity index (χ3v) is 5.09. The number of Topliss-reactive ketones (excluding diaryl/α,β-unsaturated/α-hetero) is 1. The number of carbonyl (C=O) groups excluding carboxylic acids is 3. The summed E-state index contributed by atoms with van der Waals surface area (Å²) in [6, 6.07) is 9.21. The molecule has 0 heterocycles. The van der Waals surface area contributed by atoms with Gasteiger partial charge in [0.25, 0.3) is 11.6 Å². The molecule has 0 aromatic heterocycles. The number of nitrogens with zero attached hydrogens (tertiary/aromatic N) is 1. The number of ketones is 1. The lowest BCUT2D eigenvalue weighted by molar-refractivity contribution is -0.384. The summed E-state index contributed by atoms with van der Waals surface area (Å²) in [6.45, 7) is -0.556. The van der Waals surface area contributed by atoms with Crippen LogP contribution in [0.3, 0.4) is 0 Å². The average molecular weight is 431 g/mol. The van der Waals surface area contributed by atoms with Crippen molar-refractivity contribution in [2.24, 2.45) is 0 Å². The number of nitrogens with one attached hydrogen (secondary N) is 1. The number of benzene rings is 2. The Morgan fingerprint density at radius 1 is 1.07 bits per heavy atom. The topological polar surface area (TPSA) is 116 Å². The van der Waals surface area contributed by atoms with Crippen molar-refractivity contribution in [3.8, 4) is 0 Å². The fourth-order valence-electron chi connectivity index (χ4n) is 3.23. The summed E-state index contributed by atoms with van der Waals surface area (Å²) >= 11 is 5.89. The number of anilines is 1. The van der Waals surface area contributed by atoms with Gasteiger partial charge in [0, 0.05) is 24.1 Å². The van der Waals surface area contributed by atoms with E-state index in [1.807, 2.05) is 12.1 Å². The summed E-state index contributed by atoms with van der Waals surface area (Å²) in [5.41, 5.74) is 2.98. The van der Waals surface area contributed by atoms with Crippen LogP contribution in [-0.2, 0) is 27.2 Å². The van der Waals surface area contributed by atoms with Crippen molar-refractivity contribution in [2.45, 2.75) is 32.1 Å². The molecule has 0 saturated carbocycles. The standard InChI is InChI=1S/C21H19ClN2O6/c22-17-11-16(24(28)29)6-7-18(17)23-20(26)12-30-21(27)9-8-19(25)15-5-4-13-2-1-3-14(13)10-15/h4-7,10-11H,1-3,8-9,12H2,(H,23,26). The van der Waals surface area contributed by atoms with Gasteiger partial charge >= 0.3 is 5.97 Å². The summed E-state index contributed by atoms with van der Waals surface area (Å²) in [4.78, 5) is 46.1. The number of carbonyl (C=O) groups is 3. The normalized spacial score (nSPS) is 12.2. The molecule has 1 amide bonds. The van der Waals surface area contributed by atoms with Crippen molar-refractivity contribution in [1.82, 2.24) is 0 Å². The molecule has 0 bridgehead atoms. The van der Waals surface area contributed by atoms with Crippen LogP contribution in [-0.4, -0.2) is 29.2 Å². The molecular formula is C21H19ClN2O6. The molecule has 9 heteroatoms. The zero-order chi connectivity index (χ0) is 21.7. The Labute approximate surface area is 177 Å². The lowest BCUT2D eigenvalue weighted by Gasteiger charge is -2.08. The first kappa shape index (κ1) is 21.4. The molecular weight excluding hydrogens is 412 g/mol. The van der Waals surface area contributed by atoms with Crippen LogP contribution in [0.25, 0.3) is 0 Å². The number of nitro groups is 1. The molecule has 2 aromatic rings. The Balaban J connectivity index is 1.43. The van der Waals surface area contributed by atoms with Gasteiger partial charge < -0.3 is 10.1 Å². The van der Waals surface area contributed by atoms with Gasteiger partial charge in [0.15, 0.2) is 12.4 Å². The first-order valence-corrected chi connectivity index (χ1v) is 9.75. The summed E-state index contributed by atoms with van der Waals surface area (Å²) in [7, 11) is 0. The fourth-order valence-corrected chi connectivity index (χ4v) is 3.45. The van der Waals surface area contributed by atoms with E-state index in [9.17, 15) is 24.5 Å². The maximum Gasteiger partial charge on any atom is 0.306 e. The molecule has 0 unspecified atom stereocenters. The molecule has 2 aromatic carbocycles. The fraction of sp³-hybridized carbons (Fsp3) is 0.286. The molecule has 1 N–H and O–H groups in total. The zero-order valence-corrected chi connectivity index (χ0v) is 16.7. The van der Waals surface area contributed by atoms with E-state index in [4.69, 9.17) is 16.3 Å². The van der Waals surface area contributed by atoms with E-state index in [2.05, 4.69) is 5.32 Å². The molecule has 0 spiro atoms. The average Bonchev–Trinajstić information content (AvgIpc) is 3.19. The van der Waals surface area contributed by atoms with Gasteiger partial charge in [-0.2, -0.15) is 0 Å². The van der Waals surface area contributed by atoms with Gasteiger partial charge in [-0.15, -0.1) is 0 Å². The van der Waals surface area contributed by atoms with Crippen LogP contribution in [0.5, 0.6) is 0 Å². The highest BCUT2D eigenvalue weighted by molar-refractivity contribution is 6.34. The van der Waals surface area contributed by atoms with E-state index in [0.717, 1.165) is 25.3 Å². The molecule has 156 valence electrons. The number of rotatable bonds is 8. The summed E-state index contributed by atoms with van der Waals surface area (Å²) in [6.07, 6.45) is 2.94. The van der Waals surface area contributed by atoms with Gasteiger partial charge in [0.2, 0.25) is 0 Å². The molecule has 0 aliphatic heterocycles. The minimum atomic E-state index is -0.672. The van der Waals surface area contributed by atoms with Gasteiger partial charge in [0.05, 0.1) is 22.1 Å². The van der Waals surface area contributed by atoms with Gasteiger partial charge in [-0.3, -0.25) is 24.5 Å². The molecule has 1 aliphatic carbocycles. The Hall–Kier alpha value is -3.26. The van der Waals surface area contributed by atoms with E-state index < -0.39 is 23.4 Å². The van der Waals surface area contributed by atoms with Crippen LogP contribution >= 0.6 is 11.6 Å². The zero-order valence-electron chi connectivity index (χ0n) is 16.0. The molecule has 0 saturated heterocycles. The lowest BCUT2D eigenvalue weighted by Crippen LogP contribution is -2.21. The van der Waals surface area contributed by atoms with Gasteiger partial charge in [-0.05, 0) is 42.5 Å². The Morgan fingerprint density at radius 2 is 1.83 bits per heavy atom. The monoisotopic (exact) mass is 430 g/mol. The first-order valence-electron chi connectivity index (χ1n) is 9.38. The van der Waals surface area contributed by atoms with Gasteiger partial charge in [-0.1, -0.05) is 23.7 Å². The van der Waals surface area contributed by atoms with Crippen LogP contribution < -0.4 is 5.32 Å². The number of fused-ring (bicyclic) bond motifs is 1. The van der Waals surface area contributed by atoms with Crippen molar-refractivity contribution in [2.75, 3.05) is 11.9 Å². The minimum absolute atomic E-state index is 0.00653. The number of aryl methyl sites for hydroxylation is 2. The smallest absolute Gasteiger partial charge is 0.306 e. The number of non-ortho nitro benzene ring substituents is 1. The molecule has 3 rings (SSSR count). The maximum absolute atomic E-state index is 12.3. The van der Waals surface area contributed by atoms with E-state index >= 15 is 0 Å². The Morgan fingerprint density at radius 3 is 2.57 bits per heavy atom. The van der Waals surface area contributed by atoms with Crippen LogP contribution in [0.1, 0.15) is 40.7 Å².